The van der Waals surface area contributed by atoms with E-state index < -0.39 is 46.0 Å². The summed E-state index contributed by atoms with van der Waals surface area (Å²) in [5.74, 6) is -2.39. The molecule has 0 radical (unpaired) electrons. The lowest BCUT2D eigenvalue weighted by atomic mass is 9.99. The Morgan fingerprint density at radius 3 is 2.43 bits per heavy atom. The van der Waals surface area contributed by atoms with Crippen LogP contribution in [0.2, 0.25) is 0 Å². The van der Waals surface area contributed by atoms with Gasteiger partial charge in [-0.25, -0.2) is 17.8 Å². The minimum absolute atomic E-state index is 0.0943. The number of piperidine rings is 1. The van der Waals surface area contributed by atoms with Crippen LogP contribution in [0.5, 0.6) is 0 Å². The number of hydrazine groups is 1. The third-order valence-corrected chi connectivity index (χ3v) is 7.95. The first-order valence-electron chi connectivity index (χ1n) is 13.3. The Morgan fingerprint density at radius 2 is 1.82 bits per heavy atom. The van der Waals surface area contributed by atoms with Gasteiger partial charge in [-0.15, -0.1) is 5.01 Å². The van der Waals surface area contributed by atoms with Crippen LogP contribution in [0.4, 0.5) is 13.2 Å². The lowest BCUT2D eigenvalue weighted by molar-refractivity contribution is -0.715. The Morgan fingerprint density at radius 1 is 1.16 bits per heavy atom. The van der Waals surface area contributed by atoms with Crippen LogP contribution >= 0.6 is 0 Å². The molecule has 2 atom stereocenters. The van der Waals surface area contributed by atoms with Gasteiger partial charge in [0.05, 0.1) is 40.3 Å². The summed E-state index contributed by atoms with van der Waals surface area (Å²) < 4.78 is 74.3. The number of esters is 1. The van der Waals surface area contributed by atoms with Gasteiger partial charge in [0.2, 0.25) is 11.2 Å². The number of rotatable bonds is 9. The largest absolute Gasteiger partial charge is 0.569 e. The quantitative estimate of drug-likeness (QED) is 0.120. The highest BCUT2D eigenvalue weighted by atomic mass is 32.2. The van der Waals surface area contributed by atoms with Crippen LogP contribution in [0, 0.1) is 18.0 Å². The topological polar surface area (TPSA) is 158 Å². The molecule has 1 aromatic heterocycles. The number of alkyl halides is 3. The van der Waals surface area contributed by atoms with Crippen LogP contribution in [0.3, 0.4) is 0 Å². The normalized spacial score (nSPS) is 16.7. The second kappa shape index (κ2) is 12.9. The number of benzene rings is 2. The number of hydrogen-bond donors (Lipinski definition) is 1. The maximum Gasteiger partial charge on any atom is 0.435 e. The maximum absolute atomic E-state index is 13.5. The van der Waals surface area contributed by atoms with E-state index in [0.717, 1.165) is 40.4 Å². The zero-order valence-corrected chi connectivity index (χ0v) is 24.6. The Labute approximate surface area is 250 Å². The molecule has 44 heavy (non-hydrogen) atoms. The zero-order chi connectivity index (χ0) is 32.2. The van der Waals surface area contributed by atoms with Crippen LogP contribution in [0.1, 0.15) is 37.9 Å². The molecule has 0 aliphatic carbocycles. The fourth-order valence-corrected chi connectivity index (χ4v) is 5.47. The molecule has 4 rings (SSSR count). The smallest absolute Gasteiger partial charge is 0.435 e. The van der Waals surface area contributed by atoms with Crippen LogP contribution in [0.25, 0.3) is 16.9 Å². The summed E-state index contributed by atoms with van der Waals surface area (Å²) in [6.45, 7) is 4.39. The average molecular weight is 639 g/mol. The summed E-state index contributed by atoms with van der Waals surface area (Å²) in [6.07, 6.45) is -5.18. The van der Waals surface area contributed by atoms with E-state index in [1.165, 1.54) is 19.1 Å². The third kappa shape index (κ3) is 7.83. The van der Waals surface area contributed by atoms with Gasteiger partial charge in [0, 0.05) is 19.4 Å². The molecule has 1 fully saturated rings. The van der Waals surface area contributed by atoms with Gasteiger partial charge >= 0.3 is 12.1 Å². The molecular weight excluding hydrogens is 609 g/mol. The molecule has 2 unspecified atom stereocenters. The molecule has 3 aromatic rings. The SMILES string of the molecule is CC(=O)OC(C)O/N=[N+](\[O-])N1CCCC(C(=O)NS(=O)(=O)c2ccc(-n3nc(C(F)(F)F)cc3-c3ccc(C)cc3)cc2)C1. The van der Waals surface area contributed by atoms with E-state index in [-0.39, 0.29) is 40.8 Å². The summed E-state index contributed by atoms with van der Waals surface area (Å²) in [7, 11) is -4.38. The van der Waals surface area contributed by atoms with Gasteiger partial charge < -0.3 is 9.94 Å². The first-order valence-corrected chi connectivity index (χ1v) is 14.8. The van der Waals surface area contributed by atoms with Crippen molar-refractivity contribution in [3.63, 3.8) is 0 Å². The van der Waals surface area contributed by atoms with Crippen LogP contribution in [0.15, 0.2) is 64.8 Å². The molecule has 1 amide bonds. The molecule has 1 aliphatic rings. The summed E-state index contributed by atoms with van der Waals surface area (Å²) in [6, 6.07) is 12.5. The number of nitrogens with zero attached hydrogens (tertiary/aromatic N) is 5. The van der Waals surface area contributed by atoms with E-state index in [1.807, 2.05) is 11.6 Å². The van der Waals surface area contributed by atoms with Gasteiger partial charge in [0.25, 0.3) is 16.3 Å². The number of hydrogen-bond acceptors (Lipinski definition) is 9. The maximum atomic E-state index is 13.5. The van der Waals surface area contributed by atoms with Crippen molar-refractivity contribution in [3.05, 3.63) is 71.1 Å². The van der Waals surface area contributed by atoms with Crippen LogP contribution in [-0.4, -0.2) is 59.4 Å². The number of carbonyl (C=O) groups excluding carboxylic acids is 2. The number of halogens is 3. The van der Waals surface area contributed by atoms with Gasteiger partial charge in [-0.05, 0) is 50.1 Å². The fraction of sp³-hybridized carbons (Fsp3) is 0.370. The fourth-order valence-electron chi connectivity index (χ4n) is 4.43. The third-order valence-electron chi connectivity index (χ3n) is 6.58. The minimum atomic E-state index is -4.71. The molecule has 0 spiro atoms. The predicted octanol–water partition coefficient (Wildman–Crippen LogP) is 4.10. The molecule has 1 aliphatic heterocycles. The number of amides is 1. The minimum Gasteiger partial charge on any atom is -0.569 e. The predicted molar refractivity (Wildman–Crippen MR) is 147 cm³/mol. The Balaban J connectivity index is 1.48. The second-order valence-electron chi connectivity index (χ2n) is 10.0. The number of sulfonamides is 1. The van der Waals surface area contributed by atoms with Gasteiger partial charge in [-0.2, -0.15) is 18.3 Å². The summed E-state index contributed by atoms with van der Waals surface area (Å²) >= 11 is 0. The number of carbonyl (C=O) groups is 2. The van der Waals surface area contributed by atoms with E-state index in [4.69, 9.17) is 9.57 Å². The monoisotopic (exact) mass is 638 g/mol. The molecule has 236 valence electrons. The van der Waals surface area contributed by atoms with Crippen LogP contribution in [-0.2, 0) is 35.4 Å². The lowest BCUT2D eigenvalue weighted by Crippen LogP contribution is -2.46. The van der Waals surface area contributed by atoms with Crippen molar-refractivity contribution in [2.24, 2.45) is 11.2 Å². The van der Waals surface area contributed by atoms with Gasteiger partial charge in [0.1, 0.15) is 0 Å². The van der Waals surface area contributed by atoms with Crippen molar-refractivity contribution >= 4 is 21.9 Å². The van der Waals surface area contributed by atoms with Gasteiger partial charge in [0.15, 0.2) is 5.69 Å². The van der Waals surface area contributed by atoms with Crippen molar-refractivity contribution in [2.75, 3.05) is 13.1 Å². The average Bonchev–Trinajstić information content (AvgIpc) is 3.42. The standard InChI is InChI=1S/C27H29F3N6O7S/c1-17-6-8-20(9-7-17)24-15-25(27(28,29)30)31-35(24)22-10-12-23(13-11-22)44(40,41)32-26(38)21-5-4-14-34(16-21)36(39)33-43-19(3)42-18(2)37/h6-13,15,19,21H,4-5,14,16H2,1-3H3,(H,32,38)/b36-33-. The second-order valence-corrected chi connectivity index (χ2v) is 11.7. The van der Waals surface area contributed by atoms with Crippen LogP contribution < -0.4 is 4.72 Å². The molecule has 0 saturated carbocycles. The first kappa shape index (κ1) is 32.2. The summed E-state index contributed by atoms with van der Waals surface area (Å²) in [5, 5.41) is 20.4. The van der Waals surface area contributed by atoms with Crippen molar-refractivity contribution < 1.29 is 45.7 Å². The van der Waals surface area contributed by atoms with E-state index in [0.29, 0.717) is 12.0 Å². The van der Waals surface area contributed by atoms with E-state index in [9.17, 15) is 36.4 Å². The number of aromatic nitrogens is 2. The lowest BCUT2D eigenvalue weighted by Gasteiger charge is -2.28. The van der Waals surface area contributed by atoms with E-state index >= 15 is 0 Å². The van der Waals surface area contributed by atoms with E-state index in [2.05, 4.69) is 10.4 Å². The Hall–Kier alpha value is -4.67. The molecule has 2 aromatic carbocycles. The summed E-state index contributed by atoms with van der Waals surface area (Å²) in [5.41, 5.74) is 0.573. The highest BCUT2D eigenvalue weighted by molar-refractivity contribution is 7.90. The first-order chi connectivity index (χ1) is 20.6. The van der Waals surface area contributed by atoms with Crippen molar-refractivity contribution in [1.82, 2.24) is 19.5 Å². The van der Waals surface area contributed by atoms with Gasteiger partial charge in [-0.3, -0.25) is 14.4 Å². The Kier molecular flexibility index (Phi) is 9.46. The highest BCUT2D eigenvalue weighted by Gasteiger charge is 2.36. The highest BCUT2D eigenvalue weighted by Crippen LogP contribution is 2.33. The summed E-state index contributed by atoms with van der Waals surface area (Å²) in [4.78, 5) is 28.4. The molecule has 1 N–H and O–H groups in total. The number of nitrogens with one attached hydrogen (secondary N) is 1. The van der Waals surface area contributed by atoms with E-state index in [1.54, 1.807) is 24.3 Å². The molecular formula is C27H29F3N6O7S. The van der Waals surface area contributed by atoms with Gasteiger partial charge in [-0.1, -0.05) is 29.8 Å². The molecule has 17 heteroatoms. The molecule has 13 nitrogen and oxygen atoms in total. The van der Waals surface area contributed by atoms with Crippen molar-refractivity contribution in [3.8, 4) is 16.9 Å². The molecule has 2 heterocycles. The molecule has 0 bridgehead atoms. The number of aryl methyl sites for hydroxylation is 1. The van der Waals surface area contributed by atoms with Crippen molar-refractivity contribution in [2.45, 2.75) is 51.0 Å². The Bertz CT molecular complexity index is 1640. The molecule has 1 saturated heterocycles. The zero-order valence-electron chi connectivity index (χ0n) is 23.8. The number of ether oxygens (including phenoxy) is 1. The van der Waals surface area contributed by atoms with Crippen molar-refractivity contribution in [1.29, 1.82) is 0 Å².